The summed E-state index contributed by atoms with van der Waals surface area (Å²) >= 11 is 1.56. The minimum atomic E-state index is -0.206. The molecule has 0 spiro atoms. The maximum absolute atomic E-state index is 13.9. The van der Waals surface area contributed by atoms with Gasteiger partial charge in [-0.2, -0.15) is 0 Å². The summed E-state index contributed by atoms with van der Waals surface area (Å²) in [5.74, 6) is -0.206. The first kappa shape index (κ1) is 14.2. The summed E-state index contributed by atoms with van der Waals surface area (Å²) in [5, 5.41) is 4.13. The molecule has 0 atom stereocenters. The Kier molecular flexibility index (Phi) is 4.32. The lowest BCUT2D eigenvalue weighted by Crippen LogP contribution is -2.21. The van der Waals surface area contributed by atoms with Crippen molar-refractivity contribution < 1.29 is 4.39 Å². The number of benzene rings is 1. The van der Waals surface area contributed by atoms with E-state index >= 15 is 0 Å². The zero-order valence-corrected chi connectivity index (χ0v) is 12.6. The van der Waals surface area contributed by atoms with E-state index in [9.17, 15) is 4.39 Å². The standard InChI is InChI=1S/C15H19FN2S/c1-9(2)17-8-14-11(4)18-15(19-14)12-7-10(3)5-6-13(12)16/h5-7,9,17H,8H2,1-4H3. The Morgan fingerprint density at radius 2 is 2.05 bits per heavy atom. The van der Waals surface area contributed by atoms with Crippen molar-refractivity contribution in [2.24, 2.45) is 0 Å². The largest absolute Gasteiger partial charge is 0.310 e. The lowest BCUT2D eigenvalue weighted by Gasteiger charge is -2.05. The first-order valence-electron chi connectivity index (χ1n) is 6.43. The minimum absolute atomic E-state index is 0.206. The molecule has 0 aliphatic heterocycles. The Bertz CT molecular complexity index is 576. The van der Waals surface area contributed by atoms with Crippen LogP contribution in [0.25, 0.3) is 10.6 Å². The highest BCUT2D eigenvalue weighted by molar-refractivity contribution is 7.15. The molecular weight excluding hydrogens is 259 g/mol. The maximum atomic E-state index is 13.9. The summed E-state index contributed by atoms with van der Waals surface area (Å²) in [4.78, 5) is 5.67. The van der Waals surface area contributed by atoms with Gasteiger partial charge in [0, 0.05) is 23.0 Å². The van der Waals surface area contributed by atoms with Crippen LogP contribution in [0.1, 0.15) is 30.0 Å². The number of aryl methyl sites for hydroxylation is 2. The van der Waals surface area contributed by atoms with Crippen LogP contribution in [0.3, 0.4) is 0 Å². The van der Waals surface area contributed by atoms with Crippen LogP contribution in [0.4, 0.5) is 4.39 Å². The molecule has 1 heterocycles. The molecule has 1 aromatic carbocycles. The molecule has 4 heteroatoms. The molecule has 0 bridgehead atoms. The zero-order chi connectivity index (χ0) is 14.0. The predicted octanol–water partition coefficient (Wildman–Crippen LogP) is 4.06. The Balaban J connectivity index is 2.31. The maximum Gasteiger partial charge on any atom is 0.133 e. The van der Waals surface area contributed by atoms with Crippen molar-refractivity contribution >= 4 is 11.3 Å². The van der Waals surface area contributed by atoms with Crippen LogP contribution in [-0.2, 0) is 6.54 Å². The third kappa shape index (κ3) is 3.39. The molecule has 0 fully saturated rings. The molecule has 0 saturated heterocycles. The van der Waals surface area contributed by atoms with Gasteiger partial charge in [-0.3, -0.25) is 0 Å². The highest BCUT2D eigenvalue weighted by Crippen LogP contribution is 2.30. The van der Waals surface area contributed by atoms with Crippen LogP contribution in [0.15, 0.2) is 18.2 Å². The summed E-state index contributed by atoms with van der Waals surface area (Å²) < 4.78 is 13.9. The van der Waals surface area contributed by atoms with Gasteiger partial charge in [0.25, 0.3) is 0 Å². The molecule has 1 N–H and O–H groups in total. The van der Waals surface area contributed by atoms with E-state index in [1.165, 1.54) is 10.9 Å². The number of nitrogens with zero attached hydrogens (tertiary/aromatic N) is 1. The van der Waals surface area contributed by atoms with Crippen LogP contribution in [-0.4, -0.2) is 11.0 Å². The number of thiazole rings is 1. The molecule has 2 rings (SSSR count). The van der Waals surface area contributed by atoms with Gasteiger partial charge in [0.05, 0.1) is 5.69 Å². The van der Waals surface area contributed by atoms with Crippen LogP contribution >= 0.6 is 11.3 Å². The van der Waals surface area contributed by atoms with Gasteiger partial charge in [-0.1, -0.05) is 25.5 Å². The molecule has 0 radical (unpaired) electrons. The van der Waals surface area contributed by atoms with Gasteiger partial charge in [0.15, 0.2) is 0 Å². The Morgan fingerprint density at radius 1 is 1.32 bits per heavy atom. The lowest BCUT2D eigenvalue weighted by molar-refractivity contribution is 0.591. The molecule has 102 valence electrons. The smallest absolute Gasteiger partial charge is 0.133 e. The second kappa shape index (κ2) is 5.80. The van der Waals surface area contributed by atoms with Crippen molar-refractivity contribution in [3.05, 3.63) is 40.2 Å². The monoisotopic (exact) mass is 278 g/mol. The molecule has 19 heavy (non-hydrogen) atoms. The SMILES string of the molecule is Cc1ccc(F)c(-c2nc(C)c(CNC(C)C)s2)c1. The third-order valence-electron chi connectivity index (χ3n) is 2.92. The fraction of sp³-hybridized carbons (Fsp3) is 0.400. The molecule has 0 amide bonds. The first-order chi connectivity index (χ1) is 8.97. The highest BCUT2D eigenvalue weighted by Gasteiger charge is 2.13. The van der Waals surface area contributed by atoms with E-state index in [-0.39, 0.29) is 5.82 Å². The van der Waals surface area contributed by atoms with Gasteiger partial charge in [0.1, 0.15) is 10.8 Å². The predicted molar refractivity (Wildman–Crippen MR) is 79.0 cm³/mol. The zero-order valence-electron chi connectivity index (χ0n) is 11.7. The van der Waals surface area contributed by atoms with Gasteiger partial charge in [-0.15, -0.1) is 11.3 Å². The fourth-order valence-electron chi connectivity index (χ4n) is 1.81. The van der Waals surface area contributed by atoms with E-state index in [1.54, 1.807) is 17.4 Å². The summed E-state index contributed by atoms with van der Waals surface area (Å²) in [6, 6.07) is 5.57. The summed E-state index contributed by atoms with van der Waals surface area (Å²) in [7, 11) is 0. The van der Waals surface area contributed by atoms with Crippen LogP contribution in [0, 0.1) is 19.7 Å². The molecule has 0 saturated carbocycles. The normalized spacial score (nSPS) is 11.3. The molecule has 0 unspecified atom stereocenters. The van der Waals surface area contributed by atoms with E-state index in [4.69, 9.17) is 0 Å². The second-order valence-electron chi connectivity index (χ2n) is 5.05. The van der Waals surface area contributed by atoms with Crippen molar-refractivity contribution in [2.45, 2.75) is 40.3 Å². The lowest BCUT2D eigenvalue weighted by atomic mass is 10.1. The van der Waals surface area contributed by atoms with Gasteiger partial charge in [-0.25, -0.2) is 9.37 Å². The molecule has 0 aliphatic rings. The Labute approximate surface area is 117 Å². The van der Waals surface area contributed by atoms with Crippen molar-refractivity contribution in [1.29, 1.82) is 0 Å². The van der Waals surface area contributed by atoms with Crippen LogP contribution < -0.4 is 5.32 Å². The van der Waals surface area contributed by atoms with Crippen molar-refractivity contribution in [3.63, 3.8) is 0 Å². The van der Waals surface area contributed by atoms with Crippen molar-refractivity contribution in [1.82, 2.24) is 10.3 Å². The van der Waals surface area contributed by atoms with E-state index in [1.807, 2.05) is 19.9 Å². The van der Waals surface area contributed by atoms with Crippen LogP contribution in [0.5, 0.6) is 0 Å². The van der Waals surface area contributed by atoms with Gasteiger partial charge >= 0.3 is 0 Å². The Hall–Kier alpha value is -1.26. The number of nitrogens with one attached hydrogen (secondary N) is 1. The number of aromatic nitrogens is 1. The third-order valence-corrected chi connectivity index (χ3v) is 4.11. The van der Waals surface area contributed by atoms with E-state index in [0.29, 0.717) is 11.6 Å². The first-order valence-corrected chi connectivity index (χ1v) is 7.25. The summed E-state index contributed by atoms with van der Waals surface area (Å²) in [6.45, 7) is 8.94. The van der Waals surface area contributed by atoms with Gasteiger partial charge < -0.3 is 5.32 Å². The molecule has 2 nitrogen and oxygen atoms in total. The van der Waals surface area contributed by atoms with Gasteiger partial charge in [-0.05, 0) is 26.0 Å². The molecule has 2 aromatic rings. The summed E-state index contributed by atoms with van der Waals surface area (Å²) in [6.07, 6.45) is 0. The summed E-state index contributed by atoms with van der Waals surface area (Å²) in [5.41, 5.74) is 2.63. The van der Waals surface area contributed by atoms with Crippen molar-refractivity contribution in [3.8, 4) is 10.6 Å². The average molecular weight is 278 g/mol. The van der Waals surface area contributed by atoms with Crippen LogP contribution in [0.2, 0.25) is 0 Å². The van der Waals surface area contributed by atoms with E-state index in [0.717, 1.165) is 22.8 Å². The second-order valence-corrected chi connectivity index (χ2v) is 6.13. The number of hydrogen-bond acceptors (Lipinski definition) is 3. The average Bonchev–Trinajstić information content (AvgIpc) is 2.71. The molecular formula is C15H19FN2S. The fourth-order valence-corrected chi connectivity index (χ4v) is 2.84. The molecule has 1 aromatic heterocycles. The Morgan fingerprint density at radius 3 is 2.74 bits per heavy atom. The van der Waals surface area contributed by atoms with Crippen molar-refractivity contribution in [2.75, 3.05) is 0 Å². The van der Waals surface area contributed by atoms with E-state index < -0.39 is 0 Å². The number of halogens is 1. The number of hydrogen-bond donors (Lipinski definition) is 1. The number of rotatable bonds is 4. The highest BCUT2D eigenvalue weighted by atomic mass is 32.1. The quantitative estimate of drug-likeness (QED) is 0.912. The topological polar surface area (TPSA) is 24.9 Å². The molecule has 0 aliphatic carbocycles. The van der Waals surface area contributed by atoms with E-state index in [2.05, 4.69) is 24.1 Å². The minimum Gasteiger partial charge on any atom is -0.310 e. The van der Waals surface area contributed by atoms with Gasteiger partial charge in [0.2, 0.25) is 0 Å².